The van der Waals surface area contributed by atoms with E-state index in [-0.39, 0.29) is 23.5 Å². The number of hydrogen-bond acceptors (Lipinski definition) is 3. The Labute approximate surface area is 113 Å². The maximum absolute atomic E-state index is 12.4. The van der Waals surface area contributed by atoms with Crippen LogP contribution in [0.5, 0.6) is 5.75 Å². The third-order valence-electron chi connectivity index (χ3n) is 3.92. The Kier molecular flexibility index (Phi) is 3.88. The van der Waals surface area contributed by atoms with Gasteiger partial charge in [0.1, 0.15) is 11.5 Å². The quantitative estimate of drug-likeness (QED) is 0.888. The number of amides is 1. The lowest BCUT2D eigenvalue weighted by atomic mass is 9.93. The molecule has 2 rings (SSSR count). The van der Waals surface area contributed by atoms with Crippen LogP contribution in [0.1, 0.15) is 41.6 Å². The molecule has 1 aromatic rings. The number of carbonyl (C=O) groups is 2. The van der Waals surface area contributed by atoms with E-state index in [4.69, 9.17) is 0 Å². The highest BCUT2D eigenvalue weighted by molar-refractivity contribution is 5.96. The van der Waals surface area contributed by atoms with Gasteiger partial charge in [0.25, 0.3) is 5.91 Å². The van der Waals surface area contributed by atoms with E-state index in [0.29, 0.717) is 24.0 Å². The summed E-state index contributed by atoms with van der Waals surface area (Å²) < 4.78 is 0. The van der Waals surface area contributed by atoms with Crippen molar-refractivity contribution in [2.45, 2.75) is 38.6 Å². The number of ketones is 1. The fraction of sp³-hybridized carbons (Fsp3) is 0.467. The summed E-state index contributed by atoms with van der Waals surface area (Å²) in [5, 5.41) is 9.66. The number of nitrogens with zero attached hydrogens (tertiary/aromatic N) is 1. The molecule has 0 atom stereocenters. The average Bonchev–Trinajstić information content (AvgIpc) is 2.41. The number of phenolic OH excluding ortho intramolecular Hbond substituents is 1. The van der Waals surface area contributed by atoms with Crippen molar-refractivity contribution in [2.75, 3.05) is 7.05 Å². The summed E-state index contributed by atoms with van der Waals surface area (Å²) in [6.07, 6.45) is 2.58. The van der Waals surface area contributed by atoms with Crippen LogP contribution >= 0.6 is 0 Å². The molecular weight excluding hydrogens is 242 g/mol. The van der Waals surface area contributed by atoms with E-state index in [1.165, 1.54) is 0 Å². The molecule has 1 aromatic carbocycles. The van der Waals surface area contributed by atoms with Gasteiger partial charge in [-0.05, 0) is 31.9 Å². The van der Waals surface area contributed by atoms with Crippen molar-refractivity contribution in [2.24, 2.45) is 0 Å². The van der Waals surface area contributed by atoms with Gasteiger partial charge in [-0.1, -0.05) is 6.07 Å². The van der Waals surface area contributed by atoms with Crippen LogP contribution in [0.2, 0.25) is 0 Å². The topological polar surface area (TPSA) is 57.6 Å². The lowest BCUT2D eigenvalue weighted by Crippen LogP contribution is -2.39. The summed E-state index contributed by atoms with van der Waals surface area (Å²) in [4.78, 5) is 25.4. The molecule has 1 aliphatic rings. The average molecular weight is 261 g/mol. The number of phenols is 1. The summed E-state index contributed by atoms with van der Waals surface area (Å²) in [5.41, 5.74) is 1.13. The second-order valence-electron chi connectivity index (χ2n) is 5.14. The predicted octanol–water partition coefficient (Wildman–Crippen LogP) is 2.28. The van der Waals surface area contributed by atoms with Crippen LogP contribution in [0.15, 0.2) is 18.2 Å². The van der Waals surface area contributed by atoms with Gasteiger partial charge in [0.05, 0.1) is 0 Å². The monoisotopic (exact) mass is 261 g/mol. The van der Waals surface area contributed by atoms with E-state index in [1.807, 2.05) is 0 Å². The van der Waals surface area contributed by atoms with Crippen molar-refractivity contribution in [1.29, 1.82) is 0 Å². The molecule has 1 saturated carbocycles. The molecule has 102 valence electrons. The molecule has 0 radical (unpaired) electrons. The molecule has 1 fully saturated rings. The van der Waals surface area contributed by atoms with Gasteiger partial charge in [-0.2, -0.15) is 0 Å². The molecule has 4 heteroatoms. The molecule has 19 heavy (non-hydrogen) atoms. The van der Waals surface area contributed by atoms with Crippen LogP contribution < -0.4 is 0 Å². The van der Waals surface area contributed by atoms with Gasteiger partial charge in [-0.25, -0.2) is 0 Å². The van der Waals surface area contributed by atoms with E-state index in [1.54, 1.807) is 37.1 Å². The van der Waals surface area contributed by atoms with Crippen LogP contribution in [0.4, 0.5) is 0 Å². The van der Waals surface area contributed by atoms with Crippen LogP contribution in [-0.2, 0) is 4.79 Å². The Bertz CT molecular complexity index is 500. The second kappa shape index (κ2) is 5.43. The van der Waals surface area contributed by atoms with Crippen molar-refractivity contribution in [3.8, 4) is 5.75 Å². The number of rotatable bonds is 2. The number of hydrogen-bond donors (Lipinski definition) is 1. The second-order valence-corrected chi connectivity index (χ2v) is 5.14. The Morgan fingerprint density at radius 2 is 1.95 bits per heavy atom. The Morgan fingerprint density at radius 3 is 2.58 bits per heavy atom. The molecular formula is C15H19NO3. The van der Waals surface area contributed by atoms with Crippen molar-refractivity contribution in [3.05, 3.63) is 29.3 Å². The Balaban J connectivity index is 2.15. The van der Waals surface area contributed by atoms with E-state index in [0.717, 1.165) is 12.8 Å². The largest absolute Gasteiger partial charge is 0.508 e. The first-order valence-electron chi connectivity index (χ1n) is 6.58. The fourth-order valence-corrected chi connectivity index (χ4v) is 2.52. The van der Waals surface area contributed by atoms with Gasteiger partial charge in [0, 0.05) is 37.1 Å². The van der Waals surface area contributed by atoms with Crippen LogP contribution in [0, 0.1) is 6.92 Å². The third-order valence-corrected chi connectivity index (χ3v) is 3.92. The number of carbonyl (C=O) groups excluding carboxylic acids is 2. The summed E-state index contributed by atoms with van der Waals surface area (Å²) >= 11 is 0. The van der Waals surface area contributed by atoms with Gasteiger partial charge in [0.15, 0.2) is 0 Å². The zero-order valence-corrected chi connectivity index (χ0v) is 11.3. The first-order chi connectivity index (χ1) is 9.00. The number of Topliss-reactive ketones (excluding diaryl/α,β-unsaturated/α-hetero) is 1. The highest BCUT2D eigenvalue weighted by Gasteiger charge is 2.26. The molecule has 0 aromatic heterocycles. The van der Waals surface area contributed by atoms with Crippen molar-refractivity contribution in [3.63, 3.8) is 0 Å². The molecule has 0 bridgehead atoms. The van der Waals surface area contributed by atoms with Crippen LogP contribution in [0.3, 0.4) is 0 Å². The van der Waals surface area contributed by atoms with Gasteiger partial charge in [-0.3, -0.25) is 9.59 Å². The minimum Gasteiger partial charge on any atom is -0.508 e. The Morgan fingerprint density at radius 1 is 1.32 bits per heavy atom. The summed E-state index contributed by atoms with van der Waals surface area (Å²) in [7, 11) is 1.77. The molecule has 1 N–H and O–H groups in total. The fourth-order valence-electron chi connectivity index (χ4n) is 2.52. The zero-order valence-electron chi connectivity index (χ0n) is 11.3. The van der Waals surface area contributed by atoms with Crippen molar-refractivity contribution in [1.82, 2.24) is 4.90 Å². The highest BCUT2D eigenvalue weighted by Crippen LogP contribution is 2.24. The predicted molar refractivity (Wildman–Crippen MR) is 72.2 cm³/mol. The van der Waals surface area contributed by atoms with Crippen molar-refractivity contribution >= 4 is 11.7 Å². The minimum absolute atomic E-state index is 0.0900. The first-order valence-corrected chi connectivity index (χ1v) is 6.58. The molecule has 0 heterocycles. The highest BCUT2D eigenvalue weighted by atomic mass is 16.3. The molecule has 0 unspecified atom stereocenters. The normalized spacial score (nSPS) is 16.4. The molecule has 4 nitrogen and oxygen atoms in total. The first kappa shape index (κ1) is 13.6. The molecule has 1 amide bonds. The lowest BCUT2D eigenvalue weighted by Gasteiger charge is -2.31. The maximum atomic E-state index is 12.4. The molecule has 0 spiro atoms. The van der Waals surface area contributed by atoms with Crippen LogP contribution in [0.25, 0.3) is 0 Å². The lowest BCUT2D eigenvalue weighted by molar-refractivity contribution is -0.121. The van der Waals surface area contributed by atoms with Gasteiger partial charge in [-0.15, -0.1) is 0 Å². The minimum atomic E-state index is -0.0900. The SMILES string of the molecule is Cc1c(O)cccc1C(=O)N(C)C1CCC(=O)CC1. The molecule has 0 saturated heterocycles. The molecule has 1 aliphatic carbocycles. The maximum Gasteiger partial charge on any atom is 0.254 e. The van der Waals surface area contributed by atoms with Gasteiger partial charge < -0.3 is 10.0 Å². The summed E-state index contributed by atoms with van der Waals surface area (Å²) in [6.45, 7) is 1.74. The third kappa shape index (κ3) is 2.78. The summed E-state index contributed by atoms with van der Waals surface area (Å²) in [5.74, 6) is 0.330. The van der Waals surface area contributed by atoms with E-state index in [9.17, 15) is 14.7 Å². The van der Waals surface area contributed by atoms with Gasteiger partial charge >= 0.3 is 0 Å². The van der Waals surface area contributed by atoms with E-state index >= 15 is 0 Å². The summed E-state index contributed by atoms with van der Waals surface area (Å²) in [6, 6.07) is 5.09. The van der Waals surface area contributed by atoms with Crippen LogP contribution in [-0.4, -0.2) is 34.8 Å². The standard InChI is InChI=1S/C15H19NO3/c1-10-13(4-3-5-14(10)18)15(19)16(2)11-6-8-12(17)9-7-11/h3-5,11,18H,6-9H2,1-2H3. The zero-order chi connectivity index (χ0) is 14.0. The van der Waals surface area contributed by atoms with E-state index < -0.39 is 0 Å². The smallest absolute Gasteiger partial charge is 0.254 e. The number of aromatic hydroxyl groups is 1. The van der Waals surface area contributed by atoms with Crippen molar-refractivity contribution < 1.29 is 14.7 Å². The Hall–Kier alpha value is -1.84. The van der Waals surface area contributed by atoms with Gasteiger partial charge in [0.2, 0.25) is 0 Å². The molecule has 0 aliphatic heterocycles. The number of benzene rings is 1. The van der Waals surface area contributed by atoms with E-state index in [2.05, 4.69) is 0 Å².